The highest BCUT2D eigenvalue weighted by Crippen LogP contribution is 2.32. The predicted octanol–water partition coefficient (Wildman–Crippen LogP) is 1.89. The first-order chi connectivity index (χ1) is 11.9. The van der Waals surface area contributed by atoms with E-state index < -0.39 is 17.9 Å². The van der Waals surface area contributed by atoms with Gasteiger partial charge in [0.25, 0.3) is 0 Å². The van der Waals surface area contributed by atoms with Crippen molar-refractivity contribution in [3.63, 3.8) is 0 Å². The smallest absolute Gasteiger partial charge is 0.381 e. The fourth-order valence-corrected chi connectivity index (χ4v) is 3.61. The molecule has 0 aromatic carbocycles. The van der Waals surface area contributed by atoms with E-state index in [1.807, 2.05) is 0 Å². The summed E-state index contributed by atoms with van der Waals surface area (Å²) in [5, 5.41) is 5.83. The number of likely N-dealkylation sites (tertiary alicyclic amines) is 1. The van der Waals surface area contributed by atoms with Crippen LogP contribution in [0, 0.1) is 5.92 Å². The molecule has 0 aliphatic carbocycles. The Kier molecular flexibility index (Phi) is 5.33. The van der Waals surface area contributed by atoms with E-state index in [-0.39, 0.29) is 17.7 Å². The van der Waals surface area contributed by atoms with Gasteiger partial charge in [0.05, 0.1) is 6.04 Å². The zero-order valence-electron chi connectivity index (χ0n) is 13.9. The second-order valence-corrected chi connectivity index (χ2v) is 6.81. The quantitative estimate of drug-likeness (QED) is 0.862. The van der Waals surface area contributed by atoms with Crippen molar-refractivity contribution in [2.24, 2.45) is 11.7 Å². The van der Waals surface area contributed by atoms with Gasteiger partial charge in [-0.05, 0) is 37.7 Å². The molecule has 2 atom stereocenters. The lowest BCUT2D eigenvalue weighted by molar-refractivity contribution is -0.141. The molecule has 0 bridgehead atoms. The van der Waals surface area contributed by atoms with Gasteiger partial charge in [-0.1, -0.05) is 0 Å². The number of hydrogen-bond acceptors (Lipinski definition) is 4. The second kappa shape index (κ2) is 7.33. The number of aromatic nitrogens is 2. The third-order valence-electron chi connectivity index (χ3n) is 5.12. The average molecular weight is 360 g/mol. The van der Waals surface area contributed by atoms with Crippen molar-refractivity contribution in [3.05, 3.63) is 17.5 Å². The highest BCUT2D eigenvalue weighted by atomic mass is 19.4. The maximum atomic E-state index is 12.7. The van der Waals surface area contributed by atoms with Crippen molar-refractivity contribution in [2.75, 3.05) is 26.3 Å². The van der Waals surface area contributed by atoms with E-state index >= 15 is 0 Å². The number of carbonyl (C=O) groups excluding carboxylic acids is 1. The number of amides is 1. The first-order valence-electron chi connectivity index (χ1n) is 8.61. The van der Waals surface area contributed by atoms with Crippen molar-refractivity contribution < 1.29 is 22.7 Å². The van der Waals surface area contributed by atoms with Crippen molar-refractivity contribution >= 4 is 5.91 Å². The molecule has 0 spiro atoms. The molecule has 9 heteroatoms. The second-order valence-electron chi connectivity index (χ2n) is 6.81. The molecule has 25 heavy (non-hydrogen) atoms. The summed E-state index contributed by atoms with van der Waals surface area (Å²) in [7, 11) is 0. The monoisotopic (exact) mass is 360 g/mol. The van der Waals surface area contributed by atoms with Crippen molar-refractivity contribution in [1.82, 2.24) is 15.1 Å². The van der Waals surface area contributed by atoms with E-state index in [0.29, 0.717) is 32.0 Å². The number of carbonyl (C=O) groups is 1. The number of H-pyrrole nitrogens is 1. The molecule has 2 fully saturated rings. The highest BCUT2D eigenvalue weighted by molar-refractivity contribution is 5.82. The van der Waals surface area contributed by atoms with Crippen LogP contribution in [-0.4, -0.2) is 53.3 Å². The Bertz CT molecular complexity index is 598. The molecule has 2 unspecified atom stereocenters. The number of hydrogen-bond donors (Lipinski definition) is 2. The molecule has 1 aromatic rings. The molecule has 0 radical (unpaired) electrons. The van der Waals surface area contributed by atoms with Gasteiger partial charge in [-0.25, -0.2) is 0 Å². The van der Waals surface area contributed by atoms with Gasteiger partial charge in [-0.15, -0.1) is 0 Å². The van der Waals surface area contributed by atoms with Gasteiger partial charge in [0.1, 0.15) is 0 Å². The molecule has 2 aliphatic heterocycles. The Balaban J connectivity index is 1.64. The Morgan fingerprint density at radius 2 is 2.08 bits per heavy atom. The summed E-state index contributed by atoms with van der Waals surface area (Å²) >= 11 is 0. The predicted molar refractivity (Wildman–Crippen MR) is 83.7 cm³/mol. The molecular formula is C16H23F3N4O2. The minimum Gasteiger partial charge on any atom is -0.381 e. The lowest BCUT2D eigenvalue weighted by Crippen LogP contribution is -2.51. The molecule has 3 N–H and O–H groups in total. The van der Waals surface area contributed by atoms with Gasteiger partial charge in [-0.2, -0.15) is 18.3 Å². The van der Waals surface area contributed by atoms with Gasteiger partial charge >= 0.3 is 6.18 Å². The Labute approximate surface area is 143 Å². The van der Waals surface area contributed by atoms with Crippen LogP contribution in [0.4, 0.5) is 13.2 Å². The number of nitrogens with zero attached hydrogens (tertiary/aromatic N) is 2. The lowest BCUT2D eigenvalue weighted by atomic mass is 9.89. The average Bonchev–Trinajstić information content (AvgIpc) is 3.12. The van der Waals surface area contributed by atoms with E-state index in [0.717, 1.165) is 31.7 Å². The Morgan fingerprint density at radius 1 is 1.36 bits per heavy atom. The van der Waals surface area contributed by atoms with Crippen LogP contribution in [-0.2, 0) is 15.7 Å². The summed E-state index contributed by atoms with van der Waals surface area (Å²) < 4.78 is 43.4. The van der Waals surface area contributed by atoms with Gasteiger partial charge in [-0.3, -0.25) is 9.89 Å². The third-order valence-corrected chi connectivity index (χ3v) is 5.12. The van der Waals surface area contributed by atoms with Crippen LogP contribution in [0.3, 0.4) is 0 Å². The van der Waals surface area contributed by atoms with E-state index in [2.05, 4.69) is 10.2 Å². The van der Waals surface area contributed by atoms with Gasteiger partial charge in [0.2, 0.25) is 5.91 Å². The molecule has 3 rings (SSSR count). The summed E-state index contributed by atoms with van der Waals surface area (Å²) in [4.78, 5) is 14.4. The number of halogens is 3. The SMILES string of the molecule is NC(C(=O)N1CCCC(c2cc(C(F)(F)F)n[nH]2)C1)C1CCOCC1. The molecule has 2 saturated heterocycles. The van der Waals surface area contributed by atoms with E-state index in [1.54, 1.807) is 4.90 Å². The number of aromatic amines is 1. The normalized spacial score (nSPS) is 24.3. The standard InChI is InChI=1S/C16H23F3N4O2/c17-16(18,19)13-8-12(21-22-13)11-2-1-5-23(9-11)15(24)14(20)10-3-6-25-7-4-10/h8,10-11,14H,1-7,9,20H2,(H,21,22). The third kappa shape index (κ3) is 4.14. The van der Waals surface area contributed by atoms with Crippen LogP contribution in [0.15, 0.2) is 6.07 Å². The summed E-state index contributed by atoms with van der Waals surface area (Å²) in [5.74, 6) is -0.194. The van der Waals surface area contributed by atoms with Crippen molar-refractivity contribution in [1.29, 1.82) is 0 Å². The lowest BCUT2D eigenvalue weighted by Gasteiger charge is -2.36. The van der Waals surface area contributed by atoms with E-state index in [4.69, 9.17) is 10.5 Å². The van der Waals surface area contributed by atoms with Crippen molar-refractivity contribution in [2.45, 2.75) is 43.8 Å². The van der Waals surface area contributed by atoms with Gasteiger partial charge < -0.3 is 15.4 Å². The van der Waals surface area contributed by atoms with Crippen molar-refractivity contribution in [3.8, 4) is 0 Å². The molecular weight excluding hydrogens is 337 g/mol. The number of rotatable bonds is 3. The fraction of sp³-hybridized carbons (Fsp3) is 0.750. The Hall–Kier alpha value is -1.61. The molecule has 0 saturated carbocycles. The number of ether oxygens (including phenoxy) is 1. The van der Waals surface area contributed by atoms with Crippen LogP contribution in [0.25, 0.3) is 0 Å². The number of nitrogens with two attached hydrogens (primary N) is 1. The first-order valence-corrected chi connectivity index (χ1v) is 8.61. The van der Waals surface area contributed by atoms with Gasteiger partial charge in [0, 0.05) is 37.9 Å². The largest absolute Gasteiger partial charge is 0.435 e. The summed E-state index contributed by atoms with van der Waals surface area (Å²) in [6, 6.07) is 0.465. The topological polar surface area (TPSA) is 84.2 Å². The molecule has 6 nitrogen and oxygen atoms in total. The van der Waals surface area contributed by atoms with E-state index in [9.17, 15) is 18.0 Å². The van der Waals surface area contributed by atoms with Crippen LogP contribution in [0.2, 0.25) is 0 Å². The maximum absolute atomic E-state index is 12.7. The minimum atomic E-state index is -4.47. The molecule has 2 aliphatic rings. The van der Waals surface area contributed by atoms with Crippen LogP contribution in [0.1, 0.15) is 43.0 Å². The molecule has 140 valence electrons. The zero-order chi connectivity index (χ0) is 18.0. The molecule has 1 aromatic heterocycles. The van der Waals surface area contributed by atoms with Crippen LogP contribution < -0.4 is 5.73 Å². The highest BCUT2D eigenvalue weighted by Gasteiger charge is 2.36. The zero-order valence-corrected chi connectivity index (χ0v) is 13.9. The number of nitrogens with one attached hydrogen (secondary N) is 1. The van der Waals surface area contributed by atoms with Crippen LogP contribution >= 0.6 is 0 Å². The minimum absolute atomic E-state index is 0.102. The number of alkyl halides is 3. The van der Waals surface area contributed by atoms with Gasteiger partial charge in [0.15, 0.2) is 5.69 Å². The summed E-state index contributed by atoms with van der Waals surface area (Å²) in [5.41, 5.74) is 5.65. The first kappa shape index (κ1) is 18.2. The number of piperidine rings is 1. The Morgan fingerprint density at radius 3 is 2.72 bits per heavy atom. The van der Waals surface area contributed by atoms with E-state index in [1.165, 1.54) is 0 Å². The fourth-order valence-electron chi connectivity index (χ4n) is 3.61. The van der Waals surface area contributed by atoms with Crippen LogP contribution in [0.5, 0.6) is 0 Å². The summed E-state index contributed by atoms with van der Waals surface area (Å²) in [6.45, 7) is 2.19. The molecule has 3 heterocycles. The summed E-state index contributed by atoms with van der Waals surface area (Å²) in [6.07, 6.45) is -1.49. The maximum Gasteiger partial charge on any atom is 0.435 e. The molecule has 1 amide bonds.